The van der Waals surface area contributed by atoms with Crippen molar-refractivity contribution in [3.63, 3.8) is 0 Å². The van der Waals surface area contributed by atoms with Crippen molar-refractivity contribution in [2.75, 3.05) is 0 Å². The second-order valence-electron chi connectivity index (χ2n) is 12.0. The minimum Gasteiger partial charge on any atom is -0.458 e. The summed E-state index contributed by atoms with van der Waals surface area (Å²) < 4.78 is 13.0. The van der Waals surface area contributed by atoms with Crippen LogP contribution in [0.15, 0.2) is 128 Å². The first-order valence-corrected chi connectivity index (χ1v) is 15.2. The minimum absolute atomic E-state index is 0.0633. The third-order valence-electron chi connectivity index (χ3n) is 8.93. The Bertz CT molecular complexity index is 2300. The van der Waals surface area contributed by atoms with Crippen molar-refractivity contribution in [3.8, 4) is 56.6 Å². The van der Waals surface area contributed by atoms with E-state index in [1.54, 1.807) is 0 Å². The number of rotatable bonds is 3. The molecule has 0 saturated carbocycles. The summed E-state index contributed by atoms with van der Waals surface area (Å²) in [7, 11) is 0. The summed E-state index contributed by atoms with van der Waals surface area (Å²) in [5.74, 6) is 3.35. The van der Waals surface area contributed by atoms with E-state index in [2.05, 4.69) is 105 Å². The van der Waals surface area contributed by atoms with E-state index in [1.807, 2.05) is 36.7 Å². The topological polar surface area (TPSA) is 44.2 Å². The molecule has 5 aromatic carbocycles. The number of benzene rings is 5. The number of nitrogens with zero attached hydrogens (tertiary/aromatic N) is 2. The van der Waals surface area contributed by atoms with Crippen LogP contribution in [0.4, 0.5) is 0 Å². The molecule has 4 heterocycles. The monoisotopic (exact) mass is 578 g/mol. The minimum atomic E-state index is -0.0633. The van der Waals surface area contributed by atoms with Gasteiger partial charge in [0.25, 0.3) is 6.71 Å². The van der Waals surface area contributed by atoms with Crippen LogP contribution in [0.3, 0.4) is 0 Å². The van der Waals surface area contributed by atoms with E-state index in [0.717, 1.165) is 72.9 Å². The number of aryl methyl sites for hydroxylation is 2. The Kier molecular flexibility index (Phi) is 5.69. The average Bonchev–Trinajstić information content (AvgIpc) is 3.07. The molecule has 9 rings (SSSR count). The summed E-state index contributed by atoms with van der Waals surface area (Å²) in [6, 6.07) is 40.3. The van der Waals surface area contributed by atoms with Gasteiger partial charge >= 0.3 is 0 Å². The standard InChI is InChI=1S/C40H27BN2O2/c1-24-16-25(2)18-31(17-24)27-14-15-42-34(22-27)28-10-12-36-32(19-28)41-33-20-29(35-21-26-6-3-4-7-30(26)23-43-35)11-13-37(33)45-39-9-5-8-38(44-36)40(39)41/h3-23H,1-2H3. The summed E-state index contributed by atoms with van der Waals surface area (Å²) in [5.41, 5.74) is 12.1. The summed E-state index contributed by atoms with van der Waals surface area (Å²) in [5, 5.41) is 2.29. The highest BCUT2D eigenvalue weighted by Gasteiger charge is 2.40. The van der Waals surface area contributed by atoms with E-state index in [1.165, 1.54) is 22.1 Å². The number of fused-ring (bicyclic) bond motifs is 5. The van der Waals surface area contributed by atoms with Crippen LogP contribution < -0.4 is 25.9 Å². The van der Waals surface area contributed by atoms with Crippen molar-refractivity contribution < 1.29 is 9.47 Å². The van der Waals surface area contributed by atoms with Crippen molar-refractivity contribution in [2.45, 2.75) is 13.8 Å². The van der Waals surface area contributed by atoms with Gasteiger partial charge in [0.15, 0.2) is 0 Å². The van der Waals surface area contributed by atoms with Gasteiger partial charge in [-0.25, -0.2) is 0 Å². The third-order valence-corrected chi connectivity index (χ3v) is 8.93. The first-order chi connectivity index (χ1) is 22.1. The Morgan fingerprint density at radius 3 is 1.82 bits per heavy atom. The van der Waals surface area contributed by atoms with Crippen LogP contribution in [0.2, 0.25) is 0 Å². The van der Waals surface area contributed by atoms with Gasteiger partial charge in [-0.2, -0.15) is 0 Å². The quantitative estimate of drug-likeness (QED) is 0.200. The number of ether oxygens (including phenoxy) is 2. The van der Waals surface area contributed by atoms with Gasteiger partial charge in [-0.05, 0) is 107 Å². The molecule has 4 nitrogen and oxygen atoms in total. The SMILES string of the molecule is Cc1cc(C)cc(-c2ccnc(-c3ccc4c(c3)B3c5cc(-c6cc7ccccc7cn6)ccc5Oc5cccc(c53)O4)c2)c1. The Labute approximate surface area is 262 Å². The summed E-state index contributed by atoms with van der Waals surface area (Å²) in [4.78, 5) is 9.63. The van der Waals surface area contributed by atoms with Crippen molar-refractivity contribution in [1.29, 1.82) is 0 Å². The fourth-order valence-electron chi connectivity index (χ4n) is 6.91. The van der Waals surface area contributed by atoms with Crippen LogP contribution in [-0.2, 0) is 0 Å². The molecule has 2 aromatic heterocycles. The van der Waals surface area contributed by atoms with Crippen LogP contribution in [0.1, 0.15) is 11.1 Å². The zero-order valence-corrected chi connectivity index (χ0v) is 24.9. The lowest BCUT2D eigenvalue weighted by molar-refractivity contribution is 0.464. The molecule has 5 heteroatoms. The fraction of sp³-hybridized carbons (Fsp3) is 0.0500. The molecule has 212 valence electrons. The van der Waals surface area contributed by atoms with Gasteiger partial charge in [0.2, 0.25) is 0 Å². The normalized spacial score (nSPS) is 12.5. The molecule has 0 spiro atoms. The van der Waals surface area contributed by atoms with Gasteiger partial charge in [0.1, 0.15) is 23.0 Å². The molecule has 0 amide bonds. The number of aromatic nitrogens is 2. The molecule has 45 heavy (non-hydrogen) atoms. The number of pyridine rings is 2. The van der Waals surface area contributed by atoms with Gasteiger partial charge in [-0.1, -0.05) is 71.8 Å². The Balaban J connectivity index is 1.19. The second kappa shape index (κ2) is 9.93. The molecule has 0 N–H and O–H groups in total. The molecule has 2 aliphatic heterocycles. The Morgan fingerprint density at radius 2 is 1.13 bits per heavy atom. The fourth-order valence-corrected chi connectivity index (χ4v) is 6.91. The van der Waals surface area contributed by atoms with Gasteiger partial charge in [-0.3, -0.25) is 9.97 Å². The van der Waals surface area contributed by atoms with E-state index < -0.39 is 0 Å². The maximum atomic E-state index is 6.50. The second-order valence-corrected chi connectivity index (χ2v) is 12.0. The van der Waals surface area contributed by atoms with Crippen molar-refractivity contribution in [3.05, 3.63) is 139 Å². The lowest BCUT2D eigenvalue weighted by atomic mass is 9.34. The molecule has 0 saturated heterocycles. The van der Waals surface area contributed by atoms with E-state index in [-0.39, 0.29) is 6.71 Å². The van der Waals surface area contributed by atoms with Crippen LogP contribution in [0.5, 0.6) is 23.0 Å². The zero-order chi connectivity index (χ0) is 30.1. The van der Waals surface area contributed by atoms with Gasteiger partial charge < -0.3 is 9.47 Å². The van der Waals surface area contributed by atoms with Crippen LogP contribution >= 0.6 is 0 Å². The van der Waals surface area contributed by atoms with E-state index in [9.17, 15) is 0 Å². The Hall–Kier alpha value is -5.68. The Morgan fingerprint density at radius 1 is 0.489 bits per heavy atom. The predicted octanol–water partition coefficient (Wildman–Crippen LogP) is 7.98. The molecule has 0 atom stereocenters. The smallest absolute Gasteiger partial charge is 0.260 e. The molecule has 0 unspecified atom stereocenters. The molecule has 0 aliphatic carbocycles. The van der Waals surface area contributed by atoms with E-state index in [0.29, 0.717) is 0 Å². The summed E-state index contributed by atoms with van der Waals surface area (Å²) in [6.07, 6.45) is 3.85. The first kappa shape index (κ1) is 25.8. The predicted molar refractivity (Wildman–Crippen MR) is 183 cm³/mol. The number of hydrogen-bond donors (Lipinski definition) is 0. The van der Waals surface area contributed by atoms with Crippen LogP contribution in [0, 0.1) is 13.8 Å². The highest BCUT2D eigenvalue weighted by atomic mass is 16.5. The highest BCUT2D eigenvalue weighted by Crippen LogP contribution is 2.36. The van der Waals surface area contributed by atoms with Crippen molar-refractivity contribution in [1.82, 2.24) is 9.97 Å². The first-order valence-electron chi connectivity index (χ1n) is 15.2. The van der Waals surface area contributed by atoms with Crippen molar-refractivity contribution in [2.24, 2.45) is 0 Å². The molecule has 0 bridgehead atoms. The zero-order valence-electron chi connectivity index (χ0n) is 24.9. The highest BCUT2D eigenvalue weighted by molar-refractivity contribution is 6.98. The average molecular weight is 578 g/mol. The van der Waals surface area contributed by atoms with Gasteiger partial charge in [0.05, 0.1) is 11.4 Å². The molecule has 7 aromatic rings. The molecule has 0 fully saturated rings. The lowest BCUT2D eigenvalue weighted by Crippen LogP contribution is -2.57. The van der Waals surface area contributed by atoms with Crippen LogP contribution in [-0.4, -0.2) is 16.7 Å². The molecule has 2 aliphatic rings. The largest absolute Gasteiger partial charge is 0.458 e. The maximum Gasteiger partial charge on any atom is 0.260 e. The third kappa shape index (κ3) is 4.31. The van der Waals surface area contributed by atoms with E-state index >= 15 is 0 Å². The summed E-state index contributed by atoms with van der Waals surface area (Å²) >= 11 is 0. The van der Waals surface area contributed by atoms with Gasteiger partial charge in [0, 0.05) is 23.2 Å². The van der Waals surface area contributed by atoms with Crippen molar-refractivity contribution >= 4 is 33.9 Å². The van der Waals surface area contributed by atoms with Gasteiger partial charge in [-0.15, -0.1) is 0 Å². The molecule has 0 radical (unpaired) electrons. The molecular formula is C40H27BN2O2. The lowest BCUT2D eigenvalue weighted by Gasteiger charge is -2.33. The summed E-state index contributed by atoms with van der Waals surface area (Å²) in [6.45, 7) is 4.22. The maximum absolute atomic E-state index is 6.50. The van der Waals surface area contributed by atoms with E-state index in [4.69, 9.17) is 19.4 Å². The molecular weight excluding hydrogens is 551 g/mol. The number of hydrogen-bond acceptors (Lipinski definition) is 4. The van der Waals surface area contributed by atoms with Crippen LogP contribution in [0.25, 0.3) is 44.4 Å².